The lowest BCUT2D eigenvalue weighted by atomic mass is 9.95. The standard InChI is InChI=1S/C7H13NO/c1-5-3-8-4-7(5)6(2)9/h5,7-8H,3-4H2,1-2H3/t5-,7-/m1/s1. The maximum atomic E-state index is 10.8. The zero-order chi connectivity index (χ0) is 6.85. The van der Waals surface area contributed by atoms with E-state index in [0.717, 1.165) is 13.1 Å². The summed E-state index contributed by atoms with van der Waals surface area (Å²) < 4.78 is 0. The minimum absolute atomic E-state index is 0.282. The van der Waals surface area contributed by atoms with Crippen LogP contribution in [0.5, 0.6) is 0 Å². The number of carbonyl (C=O) groups excluding carboxylic acids is 1. The molecule has 1 fully saturated rings. The minimum atomic E-state index is 0.282. The van der Waals surface area contributed by atoms with Crippen LogP contribution in [0.4, 0.5) is 0 Å². The van der Waals surface area contributed by atoms with Crippen molar-refractivity contribution in [3.63, 3.8) is 0 Å². The number of ketones is 1. The first kappa shape index (κ1) is 6.75. The summed E-state index contributed by atoms with van der Waals surface area (Å²) in [5.41, 5.74) is 0. The van der Waals surface area contributed by atoms with Crippen molar-refractivity contribution in [2.75, 3.05) is 13.1 Å². The molecule has 0 aromatic heterocycles. The summed E-state index contributed by atoms with van der Waals surface area (Å²) in [6, 6.07) is 0. The van der Waals surface area contributed by atoms with Gasteiger partial charge in [0.1, 0.15) is 5.78 Å². The number of nitrogens with one attached hydrogen (secondary N) is 1. The lowest BCUT2D eigenvalue weighted by Gasteiger charge is -2.07. The number of hydrogen-bond donors (Lipinski definition) is 1. The van der Waals surface area contributed by atoms with Crippen molar-refractivity contribution in [1.82, 2.24) is 5.32 Å². The van der Waals surface area contributed by atoms with Gasteiger partial charge in [-0.15, -0.1) is 0 Å². The van der Waals surface area contributed by atoms with Crippen molar-refractivity contribution < 1.29 is 4.79 Å². The van der Waals surface area contributed by atoms with Crippen molar-refractivity contribution in [1.29, 1.82) is 0 Å². The average molecular weight is 127 g/mol. The molecule has 0 unspecified atom stereocenters. The van der Waals surface area contributed by atoms with E-state index in [9.17, 15) is 4.79 Å². The van der Waals surface area contributed by atoms with Gasteiger partial charge in [-0.05, 0) is 19.4 Å². The van der Waals surface area contributed by atoms with E-state index in [2.05, 4.69) is 12.2 Å². The molecule has 0 saturated carbocycles. The second kappa shape index (κ2) is 2.48. The SMILES string of the molecule is CC(=O)[C@@H]1CNC[C@H]1C. The summed E-state index contributed by atoms with van der Waals surface area (Å²) in [5.74, 6) is 1.15. The molecule has 1 rings (SSSR count). The van der Waals surface area contributed by atoms with Gasteiger partial charge >= 0.3 is 0 Å². The van der Waals surface area contributed by atoms with Crippen LogP contribution >= 0.6 is 0 Å². The molecular weight excluding hydrogens is 114 g/mol. The highest BCUT2D eigenvalue weighted by atomic mass is 16.1. The normalized spacial score (nSPS) is 34.9. The molecule has 2 nitrogen and oxygen atoms in total. The smallest absolute Gasteiger partial charge is 0.134 e. The van der Waals surface area contributed by atoms with E-state index in [1.54, 1.807) is 6.92 Å². The molecule has 0 amide bonds. The van der Waals surface area contributed by atoms with Gasteiger partial charge in [-0.3, -0.25) is 4.79 Å². The van der Waals surface area contributed by atoms with Crippen LogP contribution in [0.1, 0.15) is 13.8 Å². The van der Waals surface area contributed by atoms with Gasteiger partial charge < -0.3 is 5.32 Å². The molecule has 0 bridgehead atoms. The van der Waals surface area contributed by atoms with Crippen molar-refractivity contribution in [2.24, 2.45) is 11.8 Å². The third-order valence-corrected chi connectivity index (χ3v) is 2.04. The maximum Gasteiger partial charge on any atom is 0.134 e. The molecule has 1 heterocycles. The van der Waals surface area contributed by atoms with Crippen LogP contribution in [0.2, 0.25) is 0 Å². The van der Waals surface area contributed by atoms with E-state index in [4.69, 9.17) is 0 Å². The van der Waals surface area contributed by atoms with E-state index >= 15 is 0 Å². The first-order valence-corrected chi connectivity index (χ1v) is 3.43. The van der Waals surface area contributed by atoms with Gasteiger partial charge in [0.05, 0.1) is 0 Å². The van der Waals surface area contributed by atoms with Crippen molar-refractivity contribution in [3.05, 3.63) is 0 Å². The molecule has 0 aromatic carbocycles. The molecule has 1 saturated heterocycles. The number of Topliss-reactive ketones (excluding diaryl/α,β-unsaturated/α-hetero) is 1. The Kier molecular flexibility index (Phi) is 1.86. The van der Waals surface area contributed by atoms with Gasteiger partial charge in [-0.25, -0.2) is 0 Å². The first-order valence-electron chi connectivity index (χ1n) is 3.43. The van der Waals surface area contributed by atoms with Crippen molar-refractivity contribution >= 4 is 5.78 Å². The second-order valence-corrected chi connectivity index (χ2v) is 2.85. The average Bonchev–Trinajstić information content (AvgIpc) is 2.13. The largest absolute Gasteiger partial charge is 0.316 e. The molecule has 9 heavy (non-hydrogen) atoms. The molecule has 1 N–H and O–H groups in total. The van der Waals surface area contributed by atoms with Gasteiger partial charge in [0.15, 0.2) is 0 Å². The molecule has 0 spiro atoms. The minimum Gasteiger partial charge on any atom is -0.316 e. The van der Waals surface area contributed by atoms with Crippen molar-refractivity contribution in [3.8, 4) is 0 Å². The quantitative estimate of drug-likeness (QED) is 0.553. The monoisotopic (exact) mass is 127 g/mol. The third kappa shape index (κ3) is 1.30. The lowest BCUT2D eigenvalue weighted by Crippen LogP contribution is -2.17. The Morgan fingerprint density at radius 3 is 2.44 bits per heavy atom. The molecule has 52 valence electrons. The topological polar surface area (TPSA) is 29.1 Å². The summed E-state index contributed by atoms with van der Waals surface area (Å²) in [4.78, 5) is 10.8. The molecule has 0 radical (unpaired) electrons. The van der Waals surface area contributed by atoms with Gasteiger partial charge in [0, 0.05) is 12.5 Å². The molecule has 1 aliphatic rings. The van der Waals surface area contributed by atoms with Gasteiger partial charge in [-0.2, -0.15) is 0 Å². The van der Waals surface area contributed by atoms with Crippen LogP contribution in [0.3, 0.4) is 0 Å². The summed E-state index contributed by atoms with van der Waals surface area (Å²) in [6.07, 6.45) is 0. The number of carbonyl (C=O) groups is 1. The fourth-order valence-electron chi connectivity index (χ4n) is 1.35. The van der Waals surface area contributed by atoms with Crippen LogP contribution in [-0.2, 0) is 4.79 Å². The van der Waals surface area contributed by atoms with Gasteiger partial charge in [0.25, 0.3) is 0 Å². The fraction of sp³-hybridized carbons (Fsp3) is 0.857. The molecule has 2 atom stereocenters. The Balaban J connectivity index is 2.49. The summed E-state index contributed by atoms with van der Waals surface area (Å²) in [5, 5.41) is 3.18. The van der Waals surface area contributed by atoms with Crippen molar-refractivity contribution in [2.45, 2.75) is 13.8 Å². The highest BCUT2D eigenvalue weighted by Gasteiger charge is 2.26. The maximum absolute atomic E-state index is 10.8. The van der Waals surface area contributed by atoms with Gasteiger partial charge in [-0.1, -0.05) is 6.92 Å². The van der Waals surface area contributed by atoms with Crippen LogP contribution in [0.15, 0.2) is 0 Å². The number of rotatable bonds is 1. The van der Waals surface area contributed by atoms with E-state index < -0.39 is 0 Å². The summed E-state index contributed by atoms with van der Waals surface area (Å²) in [7, 11) is 0. The predicted octanol–water partition coefficient (Wildman–Crippen LogP) is 0.431. The zero-order valence-corrected chi connectivity index (χ0v) is 5.98. The Morgan fingerprint density at radius 1 is 1.56 bits per heavy atom. The zero-order valence-electron chi connectivity index (χ0n) is 5.98. The summed E-state index contributed by atoms with van der Waals surface area (Å²) >= 11 is 0. The lowest BCUT2D eigenvalue weighted by molar-refractivity contribution is -0.121. The predicted molar refractivity (Wildman–Crippen MR) is 36.2 cm³/mol. The van der Waals surface area contributed by atoms with Gasteiger partial charge in [0.2, 0.25) is 0 Å². The molecule has 0 aliphatic carbocycles. The number of hydrogen-bond acceptors (Lipinski definition) is 2. The molecular formula is C7H13NO. The van der Waals surface area contributed by atoms with Crippen LogP contribution in [0, 0.1) is 11.8 Å². The molecule has 0 aromatic rings. The Labute approximate surface area is 55.6 Å². The van der Waals surface area contributed by atoms with E-state index in [1.807, 2.05) is 0 Å². The fourth-order valence-corrected chi connectivity index (χ4v) is 1.35. The Hall–Kier alpha value is -0.370. The summed E-state index contributed by atoms with van der Waals surface area (Å²) in [6.45, 7) is 5.68. The van der Waals surface area contributed by atoms with E-state index in [0.29, 0.717) is 11.7 Å². The first-order chi connectivity index (χ1) is 4.22. The van der Waals surface area contributed by atoms with Crippen LogP contribution in [-0.4, -0.2) is 18.9 Å². The third-order valence-electron chi connectivity index (χ3n) is 2.04. The highest BCUT2D eigenvalue weighted by Crippen LogP contribution is 2.15. The Bertz CT molecular complexity index is 122. The van der Waals surface area contributed by atoms with Crippen LogP contribution in [0.25, 0.3) is 0 Å². The molecule has 1 aliphatic heterocycles. The molecule has 2 heteroatoms. The highest BCUT2D eigenvalue weighted by molar-refractivity contribution is 5.79. The van der Waals surface area contributed by atoms with E-state index in [-0.39, 0.29) is 5.92 Å². The second-order valence-electron chi connectivity index (χ2n) is 2.85. The van der Waals surface area contributed by atoms with Crippen LogP contribution < -0.4 is 5.32 Å². The van der Waals surface area contributed by atoms with E-state index in [1.165, 1.54) is 0 Å². The Morgan fingerprint density at radius 2 is 2.22 bits per heavy atom.